The van der Waals surface area contributed by atoms with Gasteiger partial charge in [0.1, 0.15) is 0 Å². The van der Waals surface area contributed by atoms with Gasteiger partial charge in [-0.3, -0.25) is 4.79 Å². The Morgan fingerprint density at radius 1 is 1.36 bits per heavy atom. The van der Waals surface area contributed by atoms with E-state index in [0.29, 0.717) is 23.7 Å². The Hall–Kier alpha value is -1.26. The van der Waals surface area contributed by atoms with E-state index in [-0.39, 0.29) is 11.8 Å². The predicted octanol–water partition coefficient (Wildman–Crippen LogP) is 2.78. The minimum Gasteiger partial charge on any atom is -0.388 e. The molecule has 3 rings (SSSR count). The molecule has 2 heterocycles. The Morgan fingerprint density at radius 3 is 2.59 bits per heavy atom. The van der Waals surface area contributed by atoms with Gasteiger partial charge in [0.2, 0.25) is 0 Å². The fraction of sp³-hybridized carbons (Fsp3) is 0.588. The molecular weight excluding hydrogens is 300 g/mol. The molecule has 0 aromatic heterocycles. The third-order valence-electron chi connectivity index (χ3n) is 5.00. The fourth-order valence-corrected chi connectivity index (χ4v) is 3.63. The van der Waals surface area contributed by atoms with E-state index in [4.69, 9.17) is 11.6 Å². The van der Waals surface area contributed by atoms with Crippen LogP contribution in [-0.2, 0) is 0 Å². The number of halogens is 1. The van der Waals surface area contributed by atoms with E-state index in [1.165, 1.54) is 12.8 Å². The van der Waals surface area contributed by atoms with Gasteiger partial charge in [0.25, 0.3) is 5.91 Å². The van der Waals surface area contributed by atoms with Gasteiger partial charge in [-0.25, -0.2) is 0 Å². The van der Waals surface area contributed by atoms with Crippen molar-refractivity contribution >= 4 is 23.2 Å². The van der Waals surface area contributed by atoms with Gasteiger partial charge in [0.05, 0.1) is 16.3 Å². The van der Waals surface area contributed by atoms with E-state index in [2.05, 4.69) is 4.90 Å². The lowest BCUT2D eigenvalue weighted by Crippen LogP contribution is -2.35. The van der Waals surface area contributed by atoms with Gasteiger partial charge in [-0.1, -0.05) is 18.5 Å². The van der Waals surface area contributed by atoms with Crippen LogP contribution in [0.25, 0.3) is 0 Å². The lowest BCUT2D eigenvalue weighted by Gasteiger charge is -2.22. The molecule has 0 bridgehead atoms. The first-order valence-electron chi connectivity index (χ1n) is 7.94. The van der Waals surface area contributed by atoms with Crippen LogP contribution in [0, 0.1) is 5.92 Å². The summed E-state index contributed by atoms with van der Waals surface area (Å²) in [6.45, 7) is 6.76. The largest absolute Gasteiger partial charge is 0.388 e. The summed E-state index contributed by atoms with van der Waals surface area (Å²) < 4.78 is 0. The molecule has 0 aliphatic carbocycles. The highest BCUT2D eigenvalue weighted by Gasteiger charge is 2.40. The molecule has 120 valence electrons. The molecule has 5 heteroatoms. The van der Waals surface area contributed by atoms with Gasteiger partial charge in [-0.05, 0) is 38.0 Å². The van der Waals surface area contributed by atoms with Crippen molar-refractivity contribution in [1.29, 1.82) is 0 Å². The van der Waals surface area contributed by atoms with Crippen molar-refractivity contribution in [3.8, 4) is 0 Å². The molecule has 2 fully saturated rings. The monoisotopic (exact) mass is 322 g/mol. The lowest BCUT2D eigenvalue weighted by molar-refractivity contribution is 0.0351. The quantitative estimate of drug-likeness (QED) is 0.910. The smallest absolute Gasteiger partial charge is 0.254 e. The molecule has 1 aromatic rings. The Kier molecular flexibility index (Phi) is 4.08. The van der Waals surface area contributed by atoms with Crippen LogP contribution < -0.4 is 4.90 Å². The number of β-amino-alcohol motifs (C(OH)–C–C–N with tert-alkyl or cyclic N) is 1. The molecule has 2 aliphatic rings. The number of nitrogens with zero attached hydrogens (tertiary/aromatic N) is 2. The molecule has 2 saturated heterocycles. The predicted molar refractivity (Wildman–Crippen MR) is 88.6 cm³/mol. The molecule has 2 atom stereocenters. The first kappa shape index (κ1) is 15.6. The van der Waals surface area contributed by atoms with Crippen LogP contribution in [0.1, 0.15) is 37.0 Å². The summed E-state index contributed by atoms with van der Waals surface area (Å²) in [5, 5.41) is 10.9. The fourth-order valence-electron chi connectivity index (χ4n) is 3.33. The number of amides is 1. The van der Waals surface area contributed by atoms with E-state index < -0.39 is 5.60 Å². The molecule has 1 amide bonds. The first-order valence-corrected chi connectivity index (χ1v) is 8.32. The molecule has 0 unspecified atom stereocenters. The standard InChI is InChI=1S/C17H23ClN2O2/c1-12-10-20(11-17(12,2)22)16(21)13-5-6-15(14(18)9-13)19-7-3-4-8-19/h5-6,9,12,22H,3-4,7-8,10-11H2,1-2H3/t12-,17+/m1/s1. The summed E-state index contributed by atoms with van der Waals surface area (Å²) in [5.74, 6) is 0.0234. The maximum atomic E-state index is 12.6. The van der Waals surface area contributed by atoms with E-state index in [9.17, 15) is 9.90 Å². The summed E-state index contributed by atoms with van der Waals surface area (Å²) in [4.78, 5) is 16.6. The number of anilines is 1. The molecule has 0 saturated carbocycles. The van der Waals surface area contributed by atoms with Crippen molar-refractivity contribution in [2.45, 2.75) is 32.3 Å². The zero-order valence-corrected chi connectivity index (χ0v) is 13.9. The highest BCUT2D eigenvalue weighted by atomic mass is 35.5. The Labute approximate surface area is 136 Å². The molecule has 1 aromatic carbocycles. The minimum absolute atomic E-state index is 0.0560. The highest BCUT2D eigenvalue weighted by Crippen LogP contribution is 2.32. The SMILES string of the molecule is C[C@@H]1CN(C(=O)c2ccc(N3CCCC3)c(Cl)c2)C[C@]1(C)O. The number of benzene rings is 1. The van der Waals surface area contributed by atoms with Crippen molar-refractivity contribution in [2.24, 2.45) is 5.92 Å². The Morgan fingerprint density at radius 2 is 2.05 bits per heavy atom. The van der Waals surface area contributed by atoms with Crippen LogP contribution in [0.3, 0.4) is 0 Å². The van der Waals surface area contributed by atoms with Crippen molar-refractivity contribution in [2.75, 3.05) is 31.1 Å². The maximum absolute atomic E-state index is 12.6. The second-order valence-corrected chi connectivity index (χ2v) is 7.21. The van der Waals surface area contributed by atoms with Gasteiger partial charge < -0.3 is 14.9 Å². The molecule has 2 aliphatic heterocycles. The number of rotatable bonds is 2. The van der Waals surface area contributed by atoms with E-state index >= 15 is 0 Å². The zero-order valence-electron chi connectivity index (χ0n) is 13.2. The van der Waals surface area contributed by atoms with Gasteiger partial charge in [-0.15, -0.1) is 0 Å². The topological polar surface area (TPSA) is 43.8 Å². The number of likely N-dealkylation sites (tertiary alicyclic amines) is 1. The Balaban J connectivity index is 1.78. The van der Waals surface area contributed by atoms with Gasteiger partial charge in [-0.2, -0.15) is 0 Å². The van der Waals surface area contributed by atoms with Crippen LogP contribution in [0.2, 0.25) is 5.02 Å². The van der Waals surface area contributed by atoms with Crippen LogP contribution in [0.15, 0.2) is 18.2 Å². The van der Waals surface area contributed by atoms with Gasteiger partial charge in [0.15, 0.2) is 0 Å². The number of carbonyl (C=O) groups is 1. The summed E-state index contributed by atoms with van der Waals surface area (Å²) in [7, 11) is 0. The zero-order chi connectivity index (χ0) is 15.9. The van der Waals surface area contributed by atoms with Crippen molar-refractivity contribution < 1.29 is 9.90 Å². The van der Waals surface area contributed by atoms with Crippen LogP contribution >= 0.6 is 11.6 Å². The maximum Gasteiger partial charge on any atom is 0.254 e. The Bertz CT molecular complexity index is 582. The third-order valence-corrected chi connectivity index (χ3v) is 5.30. The second-order valence-electron chi connectivity index (χ2n) is 6.80. The summed E-state index contributed by atoms with van der Waals surface area (Å²) in [6, 6.07) is 5.55. The number of carbonyl (C=O) groups excluding carboxylic acids is 1. The number of hydrogen-bond acceptors (Lipinski definition) is 3. The van der Waals surface area contributed by atoms with Crippen LogP contribution in [-0.4, -0.2) is 47.7 Å². The molecule has 0 spiro atoms. The van der Waals surface area contributed by atoms with Crippen molar-refractivity contribution in [3.05, 3.63) is 28.8 Å². The minimum atomic E-state index is -0.811. The normalized spacial score (nSPS) is 28.5. The molecular formula is C17H23ClN2O2. The molecule has 0 radical (unpaired) electrons. The van der Waals surface area contributed by atoms with Crippen LogP contribution in [0.5, 0.6) is 0 Å². The number of hydrogen-bond donors (Lipinski definition) is 1. The summed E-state index contributed by atoms with van der Waals surface area (Å²) in [6.07, 6.45) is 2.38. The number of aliphatic hydroxyl groups is 1. The molecule has 22 heavy (non-hydrogen) atoms. The van der Waals surface area contributed by atoms with E-state index in [1.807, 2.05) is 19.1 Å². The second kappa shape index (κ2) is 5.74. The lowest BCUT2D eigenvalue weighted by atomic mass is 9.95. The van der Waals surface area contributed by atoms with E-state index in [1.54, 1.807) is 17.9 Å². The average molecular weight is 323 g/mol. The summed E-state index contributed by atoms with van der Waals surface area (Å²) >= 11 is 6.38. The summed E-state index contributed by atoms with van der Waals surface area (Å²) in [5.41, 5.74) is 0.796. The van der Waals surface area contributed by atoms with E-state index in [0.717, 1.165) is 18.8 Å². The van der Waals surface area contributed by atoms with Crippen LogP contribution in [0.4, 0.5) is 5.69 Å². The molecule has 4 nitrogen and oxygen atoms in total. The van der Waals surface area contributed by atoms with Gasteiger partial charge in [0, 0.05) is 37.7 Å². The van der Waals surface area contributed by atoms with Crippen molar-refractivity contribution in [1.82, 2.24) is 4.90 Å². The van der Waals surface area contributed by atoms with Crippen molar-refractivity contribution in [3.63, 3.8) is 0 Å². The first-order chi connectivity index (χ1) is 10.4. The average Bonchev–Trinajstić information content (AvgIpc) is 3.07. The third kappa shape index (κ3) is 2.82. The molecule has 1 N–H and O–H groups in total. The van der Waals surface area contributed by atoms with Gasteiger partial charge >= 0.3 is 0 Å². The highest BCUT2D eigenvalue weighted by molar-refractivity contribution is 6.33.